The molecule has 1 atom stereocenters. The maximum Gasteiger partial charge on any atom is 0.128 e. The van der Waals surface area contributed by atoms with E-state index in [9.17, 15) is 0 Å². The number of benzene rings is 1. The third-order valence-corrected chi connectivity index (χ3v) is 3.39. The summed E-state index contributed by atoms with van der Waals surface area (Å²) in [6, 6.07) is 7.50. The number of allylic oxidation sites excluding steroid dienone is 2. The summed E-state index contributed by atoms with van der Waals surface area (Å²) in [7, 11) is 0. The molecule has 0 bridgehead atoms. The van der Waals surface area contributed by atoms with Crippen LogP contribution in [0.4, 0.5) is 0 Å². The van der Waals surface area contributed by atoms with Crippen LogP contribution in [0.25, 0.3) is 5.70 Å². The number of hydrogen-bond donors (Lipinski definition) is 2. The van der Waals surface area contributed by atoms with Gasteiger partial charge in [-0.15, -0.1) is 11.7 Å². The number of hydrogen-bond acceptors (Lipinski definition) is 4. The van der Waals surface area contributed by atoms with E-state index >= 15 is 0 Å². The molecule has 0 radical (unpaired) electrons. The van der Waals surface area contributed by atoms with Crippen LogP contribution in [0.1, 0.15) is 5.56 Å². The molecule has 1 aliphatic rings. The zero-order valence-corrected chi connectivity index (χ0v) is 12.9. The van der Waals surface area contributed by atoms with E-state index in [2.05, 4.69) is 35.4 Å². The topological polar surface area (TPSA) is 72.0 Å². The van der Waals surface area contributed by atoms with E-state index in [1.807, 2.05) is 48.6 Å². The number of nitrogens with two attached hydrogens (primary N) is 1. The van der Waals surface area contributed by atoms with E-state index in [4.69, 9.17) is 10.6 Å². The second-order valence-corrected chi connectivity index (χ2v) is 4.90. The van der Waals surface area contributed by atoms with Crippen molar-refractivity contribution in [3.8, 4) is 5.75 Å². The van der Waals surface area contributed by atoms with Crippen LogP contribution >= 0.6 is 0 Å². The van der Waals surface area contributed by atoms with Crippen LogP contribution in [0, 0.1) is 0 Å². The summed E-state index contributed by atoms with van der Waals surface area (Å²) in [6.45, 7) is 11.8. The Hall–Kier alpha value is -3.08. The van der Waals surface area contributed by atoms with Crippen LogP contribution in [0.2, 0.25) is 0 Å². The van der Waals surface area contributed by atoms with E-state index in [1.54, 1.807) is 0 Å². The average Bonchev–Trinajstić information content (AvgIpc) is 2.60. The molecular weight excluding hydrogens is 288 g/mol. The van der Waals surface area contributed by atoms with Gasteiger partial charge in [-0.25, -0.2) is 0 Å². The highest BCUT2D eigenvalue weighted by atomic mass is 16.5. The van der Waals surface area contributed by atoms with Gasteiger partial charge in [0, 0.05) is 11.3 Å². The molecule has 1 aromatic carbocycles. The molecule has 0 spiro atoms. The van der Waals surface area contributed by atoms with Crippen molar-refractivity contribution in [3.05, 3.63) is 85.1 Å². The molecule has 1 unspecified atom stereocenters. The molecule has 5 heteroatoms. The normalized spacial score (nSPS) is 17.0. The third-order valence-electron chi connectivity index (χ3n) is 3.39. The monoisotopic (exact) mass is 308 g/mol. The number of ether oxygens (including phenoxy) is 1. The van der Waals surface area contributed by atoms with Crippen LogP contribution in [0.5, 0.6) is 5.75 Å². The number of rotatable bonds is 7. The maximum atomic E-state index is 5.81. The summed E-state index contributed by atoms with van der Waals surface area (Å²) < 4.78 is 5.81. The first-order valence-electron chi connectivity index (χ1n) is 7.13. The van der Waals surface area contributed by atoms with Gasteiger partial charge in [0.2, 0.25) is 0 Å². The van der Waals surface area contributed by atoms with Crippen LogP contribution in [0.15, 0.2) is 89.9 Å². The summed E-state index contributed by atoms with van der Waals surface area (Å²) in [6.07, 6.45) is 7.63. The largest absolute Gasteiger partial charge is 0.487 e. The summed E-state index contributed by atoms with van der Waals surface area (Å²) in [5.74, 6) is 5.75. The van der Waals surface area contributed by atoms with E-state index in [1.165, 1.54) is 0 Å². The van der Waals surface area contributed by atoms with Gasteiger partial charge in [-0.2, -0.15) is 0 Å². The number of nitrogens with one attached hydrogen (secondary N) is 1. The van der Waals surface area contributed by atoms with E-state index in [-0.39, 0.29) is 6.04 Å². The molecule has 2 rings (SSSR count). The second kappa shape index (κ2) is 7.79. The van der Waals surface area contributed by atoms with Crippen molar-refractivity contribution < 1.29 is 4.74 Å². The van der Waals surface area contributed by atoms with Crippen molar-refractivity contribution in [3.63, 3.8) is 0 Å². The smallest absolute Gasteiger partial charge is 0.128 e. The Morgan fingerprint density at radius 2 is 2.17 bits per heavy atom. The van der Waals surface area contributed by atoms with Gasteiger partial charge < -0.3 is 15.9 Å². The van der Waals surface area contributed by atoms with Gasteiger partial charge in [0.05, 0.1) is 11.7 Å². The molecule has 118 valence electrons. The standard InChI is InChI=1S/C18H20N4O/c1-4-14-9-10-16(20-18(14)5-2)12-23-17-8-6-7-15(11-17)13(3)21-22-19/h4-11,18,20H,1-3,12H2,(H2,19,21). The van der Waals surface area contributed by atoms with E-state index in [0.717, 1.165) is 16.8 Å². The lowest BCUT2D eigenvalue weighted by atomic mass is 10.0. The predicted molar refractivity (Wildman–Crippen MR) is 93.5 cm³/mol. The Bertz CT molecular complexity index is 701. The van der Waals surface area contributed by atoms with Crippen molar-refractivity contribution in [1.29, 1.82) is 0 Å². The molecular formula is C18H20N4O. The highest BCUT2D eigenvalue weighted by molar-refractivity contribution is 5.63. The summed E-state index contributed by atoms with van der Waals surface area (Å²) in [4.78, 5) is 0. The van der Waals surface area contributed by atoms with Gasteiger partial charge in [-0.3, -0.25) is 0 Å². The minimum Gasteiger partial charge on any atom is -0.487 e. The fourth-order valence-corrected chi connectivity index (χ4v) is 2.17. The minimum atomic E-state index is 0.0483. The van der Waals surface area contributed by atoms with Crippen LogP contribution in [-0.4, -0.2) is 12.6 Å². The summed E-state index contributed by atoms with van der Waals surface area (Å²) in [5.41, 5.74) is 3.33. The Morgan fingerprint density at radius 1 is 1.35 bits per heavy atom. The van der Waals surface area contributed by atoms with Gasteiger partial charge in [0.25, 0.3) is 0 Å². The third kappa shape index (κ3) is 4.20. The SMILES string of the molecule is C=CC1=CC=C(COc2cccc(C(=C)N=NN)c2)NC1C=C. The molecule has 0 saturated heterocycles. The van der Waals surface area contributed by atoms with E-state index in [0.29, 0.717) is 18.1 Å². The lowest BCUT2D eigenvalue weighted by molar-refractivity contribution is 0.340. The molecule has 3 N–H and O–H groups in total. The molecule has 0 amide bonds. The molecule has 0 aromatic heterocycles. The van der Waals surface area contributed by atoms with Crippen molar-refractivity contribution >= 4 is 5.70 Å². The molecule has 0 aliphatic carbocycles. The Labute approximate surface area is 136 Å². The van der Waals surface area contributed by atoms with Crippen molar-refractivity contribution in [2.24, 2.45) is 16.2 Å². The highest BCUT2D eigenvalue weighted by Crippen LogP contribution is 2.21. The Balaban J connectivity index is 2.04. The van der Waals surface area contributed by atoms with Crippen LogP contribution in [0.3, 0.4) is 0 Å². The quantitative estimate of drug-likeness (QED) is 0.350. The number of dihydropyridines is 1. The average molecular weight is 308 g/mol. The van der Waals surface area contributed by atoms with Gasteiger partial charge in [0.1, 0.15) is 12.4 Å². The molecule has 1 heterocycles. The molecule has 1 aliphatic heterocycles. The maximum absolute atomic E-state index is 5.81. The molecule has 0 saturated carbocycles. The zero-order chi connectivity index (χ0) is 16.7. The number of nitrogens with zero attached hydrogens (tertiary/aromatic N) is 2. The first-order chi connectivity index (χ1) is 11.2. The molecule has 1 aromatic rings. The van der Waals surface area contributed by atoms with Crippen LogP contribution in [-0.2, 0) is 0 Å². The first-order valence-corrected chi connectivity index (χ1v) is 7.13. The van der Waals surface area contributed by atoms with Gasteiger partial charge in [-0.1, -0.05) is 48.7 Å². The van der Waals surface area contributed by atoms with Crippen LogP contribution < -0.4 is 15.9 Å². The van der Waals surface area contributed by atoms with Gasteiger partial charge in [0.15, 0.2) is 0 Å². The molecule has 0 fully saturated rings. The lowest BCUT2D eigenvalue weighted by Crippen LogP contribution is -2.32. The lowest BCUT2D eigenvalue weighted by Gasteiger charge is -2.23. The van der Waals surface area contributed by atoms with E-state index < -0.39 is 0 Å². The fraction of sp³-hybridized carbons (Fsp3) is 0.111. The molecule has 23 heavy (non-hydrogen) atoms. The van der Waals surface area contributed by atoms with Gasteiger partial charge >= 0.3 is 0 Å². The van der Waals surface area contributed by atoms with Crippen molar-refractivity contribution in [2.75, 3.05) is 6.61 Å². The minimum absolute atomic E-state index is 0.0483. The second-order valence-electron chi connectivity index (χ2n) is 4.90. The van der Waals surface area contributed by atoms with Crippen molar-refractivity contribution in [1.82, 2.24) is 5.32 Å². The first kappa shape index (κ1) is 16.3. The molecule has 5 nitrogen and oxygen atoms in total. The van der Waals surface area contributed by atoms with Crippen molar-refractivity contribution in [2.45, 2.75) is 6.04 Å². The highest BCUT2D eigenvalue weighted by Gasteiger charge is 2.13. The summed E-state index contributed by atoms with van der Waals surface area (Å²) >= 11 is 0. The zero-order valence-electron chi connectivity index (χ0n) is 12.9. The predicted octanol–water partition coefficient (Wildman–Crippen LogP) is 3.52. The Kier molecular flexibility index (Phi) is 5.52. The summed E-state index contributed by atoms with van der Waals surface area (Å²) in [5, 5.41) is 10.3. The fourth-order valence-electron chi connectivity index (χ4n) is 2.17. The Morgan fingerprint density at radius 3 is 2.87 bits per heavy atom. The van der Waals surface area contributed by atoms with Gasteiger partial charge in [-0.05, 0) is 23.8 Å².